The number of aryl methyl sites for hydroxylation is 2. The van der Waals surface area contributed by atoms with Gasteiger partial charge in [-0.2, -0.15) is 0 Å². The van der Waals surface area contributed by atoms with E-state index in [2.05, 4.69) is 29.2 Å². The average molecular weight is 398 g/mol. The summed E-state index contributed by atoms with van der Waals surface area (Å²) in [7, 11) is 0. The number of piperidine rings is 1. The van der Waals surface area contributed by atoms with Gasteiger partial charge in [0.05, 0.1) is 17.2 Å². The Morgan fingerprint density at radius 1 is 1.15 bits per heavy atom. The molecule has 1 saturated heterocycles. The van der Waals surface area contributed by atoms with Crippen LogP contribution in [0.1, 0.15) is 35.5 Å². The smallest absolute Gasteiger partial charge is 0.142 e. The van der Waals surface area contributed by atoms with Crippen molar-refractivity contribution in [2.75, 3.05) is 18.0 Å². The molecule has 1 N–H and O–H groups in total. The molecule has 0 saturated carbocycles. The van der Waals surface area contributed by atoms with Crippen LogP contribution in [-0.2, 0) is 18.6 Å². The maximum Gasteiger partial charge on any atom is 0.142 e. The monoisotopic (exact) mass is 397 g/mol. The molecule has 4 nitrogen and oxygen atoms in total. The van der Waals surface area contributed by atoms with Crippen LogP contribution in [0.4, 0.5) is 5.82 Å². The number of β-amino-alcohol motifs (C(OH)–C–C–N with tert-alkyl or cyclic N) is 1. The summed E-state index contributed by atoms with van der Waals surface area (Å²) in [5.74, 6) is 2.72. The van der Waals surface area contributed by atoms with Crippen molar-refractivity contribution in [1.29, 1.82) is 0 Å². The molecule has 1 aliphatic carbocycles. The molecule has 1 aromatic carbocycles. The molecule has 0 amide bonds. The first-order chi connectivity index (χ1) is 13.3. The van der Waals surface area contributed by atoms with Gasteiger partial charge in [-0.25, -0.2) is 9.97 Å². The average Bonchev–Trinajstić information content (AvgIpc) is 3.27. The zero-order valence-corrected chi connectivity index (χ0v) is 16.9. The summed E-state index contributed by atoms with van der Waals surface area (Å²) in [6.45, 7) is 1.65. The van der Waals surface area contributed by atoms with E-state index in [1.807, 2.05) is 17.4 Å². The Bertz CT molecular complexity index is 957. The number of nitrogens with zero attached hydrogens (tertiary/aromatic N) is 3. The maximum absolute atomic E-state index is 10.2. The number of aromatic nitrogens is 2. The second kappa shape index (κ2) is 7.41. The van der Waals surface area contributed by atoms with Gasteiger partial charge in [-0.1, -0.05) is 18.2 Å². The lowest BCUT2D eigenvalue weighted by molar-refractivity contribution is 0.154. The number of aliphatic hydroxyl groups excluding tert-OH is 1. The van der Waals surface area contributed by atoms with Crippen LogP contribution in [0, 0.1) is 0 Å². The summed E-state index contributed by atoms with van der Waals surface area (Å²) in [6, 6.07) is 10.4. The molecule has 0 bridgehead atoms. The maximum atomic E-state index is 10.2. The first kappa shape index (κ1) is 17.5. The normalized spacial score (nSPS) is 19.6. The van der Waals surface area contributed by atoms with Crippen LogP contribution >= 0.6 is 23.1 Å². The molecule has 27 heavy (non-hydrogen) atoms. The lowest BCUT2D eigenvalue weighted by atomic mass is 10.1. The molecule has 6 heteroatoms. The summed E-state index contributed by atoms with van der Waals surface area (Å²) in [4.78, 5) is 16.1. The van der Waals surface area contributed by atoms with Crippen molar-refractivity contribution < 1.29 is 5.11 Å². The fraction of sp³-hybridized carbons (Fsp3) is 0.429. The standard InChI is InChI=1S/C21H23N3OS2/c25-14-6-5-11-24(12-14)20-19-16-9-4-10-17(16)27-21(19)23-18(22-20)13-26-15-7-2-1-3-8-15/h1-3,7-8,14,25H,4-6,9-13H2/t14-/m0/s1. The van der Waals surface area contributed by atoms with Crippen LogP contribution < -0.4 is 4.90 Å². The van der Waals surface area contributed by atoms with Gasteiger partial charge in [-0.15, -0.1) is 23.1 Å². The number of aliphatic hydroxyl groups is 1. The van der Waals surface area contributed by atoms with Gasteiger partial charge in [-0.3, -0.25) is 0 Å². The minimum absolute atomic E-state index is 0.252. The first-order valence-electron chi connectivity index (χ1n) is 9.70. The number of thioether (sulfide) groups is 1. The fourth-order valence-corrected chi connectivity index (χ4v) is 6.17. The van der Waals surface area contributed by atoms with E-state index in [0.717, 1.165) is 48.0 Å². The predicted octanol–water partition coefficient (Wildman–Crippen LogP) is 4.43. The summed E-state index contributed by atoms with van der Waals surface area (Å²) in [6.07, 6.45) is 5.21. The first-order valence-corrected chi connectivity index (χ1v) is 11.5. The van der Waals surface area contributed by atoms with Crippen molar-refractivity contribution in [1.82, 2.24) is 9.97 Å². The van der Waals surface area contributed by atoms with Crippen molar-refractivity contribution >= 4 is 39.1 Å². The van der Waals surface area contributed by atoms with E-state index in [1.165, 1.54) is 33.6 Å². The second-order valence-corrected chi connectivity index (χ2v) is 9.48. The molecular weight excluding hydrogens is 374 g/mol. The minimum Gasteiger partial charge on any atom is -0.391 e. The Labute approximate surface area is 167 Å². The predicted molar refractivity (Wildman–Crippen MR) is 113 cm³/mol. The van der Waals surface area contributed by atoms with Crippen LogP contribution in [0.25, 0.3) is 10.2 Å². The van der Waals surface area contributed by atoms with E-state index in [4.69, 9.17) is 9.97 Å². The SMILES string of the molecule is O[C@H]1CCCN(c2nc(CSc3ccccc3)nc3sc4c(c23)CCC4)C1. The quantitative estimate of drug-likeness (QED) is 0.660. The number of hydrogen-bond acceptors (Lipinski definition) is 6. The van der Waals surface area contributed by atoms with Crippen LogP contribution in [0.2, 0.25) is 0 Å². The van der Waals surface area contributed by atoms with E-state index >= 15 is 0 Å². The molecule has 2 aliphatic rings. The molecular formula is C21H23N3OS2. The lowest BCUT2D eigenvalue weighted by Gasteiger charge is -2.31. The van der Waals surface area contributed by atoms with E-state index in [0.29, 0.717) is 6.54 Å². The second-order valence-electron chi connectivity index (χ2n) is 7.34. The number of thiophene rings is 1. The third-order valence-corrected chi connectivity index (χ3v) is 7.59. The van der Waals surface area contributed by atoms with Gasteiger partial charge in [0, 0.05) is 22.9 Å². The molecule has 5 rings (SSSR count). The number of hydrogen-bond donors (Lipinski definition) is 1. The van der Waals surface area contributed by atoms with Crippen LogP contribution in [0.15, 0.2) is 35.2 Å². The molecule has 1 fully saturated rings. The highest BCUT2D eigenvalue weighted by Crippen LogP contribution is 2.41. The van der Waals surface area contributed by atoms with E-state index in [1.54, 1.807) is 11.8 Å². The van der Waals surface area contributed by atoms with Crippen molar-refractivity contribution in [3.63, 3.8) is 0 Å². The highest BCUT2D eigenvalue weighted by molar-refractivity contribution is 7.98. The van der Waals surface area contributed by atoms with Crippen molar-refractivity contribution in [2.24, 2.45) is 0 Å². The highest BCUT2D eigenvalue weighted by Gasteiger charge is 2.27. The van der Waals surface area contributed by atoms with Crippen LogP contribution in [-0.4, -0.2) is 34.3 Å². The molecule has 0 unspecified atom stereocenters. The van der Waals surface area contributed by atoms with Crippen LogP contribution in [0.3, 0.4) is 0 Å². The van der Waals surface area contributed by atoms with E-state index in [9.17, 15) is 5.11 Å². The molecule has 3 aromatic rings. The summed E-state index contributed by atoms with van der Waals surface area (Å²) in [5, 5.41) is 11.5. The Balaban J connectivity index is 1.53. The minimum atomic E-state index is -0.252. The molecule has 0 radical (unpaired) electrons. The zero-order valence-electron chi connectivity index (χ0n) is 15.2. The Hall–Kier alpha value is -1.63. The van der Waals surface area contributed by atoms with Gasteiger partial charge in [0.1, 0.15) is 16.5 Å². The summed E-state index contributed by atoms with van der Waals surface area (Å²) >= 11 is 3.63. The topological polar surface area (TPSA) is 49.2 Å². The van der Waals surface area contributed by atoms with Gasteiger partial charge in [0.25, 0.3) is 0 Å². The van der Waals surface area contributed by atoms with Crippen molar-refractivity contribution in [2.45, 2.75) is 48.9 Å². The third-order valence-electron chi connectivity index (χ3n) is 5.40. The number of fused-ring (bicyclic) bond motifs is 3. The van der Waals surface area contributed by atoms with Gasteiger partial charge < -0.3 is 10.0 Å². The van der Waals surface area contributed by atoms with Crippen molar-refractivity contribution in [3.8, 4) is 0 Å². The highest BCUT2D eigenvalue weighted by atomic mass is 32.2. The largest absolute Gasteiger partial charge is 0.391 e. The molecule has 140 valence electrons. The summed E-state index contributed by atoms with van der Waals surface area (Å²) < 4.78 is 0. The molecule has 3 heterocycles. The lowest BCUT2D eigenvalue weighted by Crippen LogP contribution is -2.39. The Morgan fingerprint density at radius 3 is 2.89 bits per heavy atom. The van der Waals surface area contributed by atoms with Crippen LogP contribution in [0.5, 0.6) is 0 Å². The molecule has 2 aromatic heterocycles. The Morgan fingerprint density at radius 2 is 2.04 bits per heavy atom. The van der Waals surface area contributed by atoms with Gasteiger partial charge >= 0.3 is 0 Å². The third kappa shape index (κ3) is 3.46. The number of anilines is 1. The van der Waals surface area contributed by atoms with E-state index in [-0.39, 0.29) is 6.10 Å². The number of rotatable bonds is 4. The fourth-order valence-electron chi connectivity index (χ4n) is 4.12. The number of benzene rings is 1. The Kier molecular flexibility index (Phi) is 4.80. The van der Waals surface area contributed by atoms with Gasteiger partial charge in [0.2, 0.25) is 0 Å². The molecule has 0 spiro atoms. The van der Waals surface area contributed by atoms with Gasteiger partial charge in [0.15, 0.2) is 0 Å². The van der Waals surface area contributed by atoms with E-state index < -0.39 is 0 Å². The molecule has 1 aliphatic heterocycles. The van der Waals surface area contributed by atoms with Gasteiger partial charge in [-0.05, 0) is 49.8 Å². The molecule has 1 atom stereocenters. The summed E-state index contributed by atoms with van der Waals surface area (Å²) in [5.41, 5.74) is 1.47. The van der Waals surface area contributed by atoms with Crippen molar-refractivity contribution in [3.05, 3.63) is 46.6 Å². The zero-order chi connectivity index (χ0) is 18.2.